The number of hydrogen-bond acceptors (Lipinski definition) is 2. The first-order valence-corrected chi connectivity index (χ1v) is 6.76. The first kappa shape index (κ1) is 12.8. The third kappa shape index (κ3) is 1.88. The predicted octanol–water partition coefficient (Wildman–Crippen LogP) is 4.70. The normalized spacial score (nSPS) is 12.2. The van der Waals surface area contributed by atoms with Gasteiger partial charge in [-0.25, -0.2) is 0 Å². The maximum Gasteiger partial charge on any atom is 0.130 e. The summed E-state index contributed by atoms with van der Waals surface area (Å²) >= 11 is 0. The Bertz CT molecular complexity index is 811. The third-order valence-corrected chi connectivity index (χ3v) is 3.71. The van der Waals surface area contributed by atoms with E-state index in [1.165, 1.54) is 0 Å². The van der Waals surface area contributed by atoms with Gasteiger partial charge in [-0.1, -0.05) is 45.0 Å². The van der Waals surface area contributed by atoms with Crippen LogP contribution in [-0.4, -0.2) is 10.2 Å². The summed E-state index contributed by atoms with van der Waals surface area (Å²) < 4.78 is 0. The third-order valence-electron chi connectivity index (χ3n) is 3.71. The number of aromatic hydroxyl groups is 2. The average molecular weight is 266 g/mol. The van der Waals surface area contributed by atoms with Gasteiger partial charge >= 0.3 is 0 Å². The molecule has 0 aliphatic heterocycles. The van der Waals surface area contributed by atoms with Crippen LogP contribution in [0.5, 0.6) is 11.5 Å². The summed E-state index contributed by atoms with van der Waals surface area (Å²) in [5.74, 6) is 0.330. The van der Waals surface area contributed by atoms with Gasteiger partial charge in [0.25, 0.3) is 0 Å². The van der Waals surface area contributed by atoms with E-state index in [4.69, 9.17) is 0 Å². The van der Waals surface area contributed by atoms with Crippen molar-refractivity contribution in [3.63, 3.8) is 0 Å². The van der Waals surface area contributed by atoms with Crippen molar-refractivity contribution in [3.8, 4) is 11.5 Å². The van der Waals surface area contributed by atoms with Crippen molar-refractivity contribution in [1.82, 2.24) is 0 Å². The summed E-state index contributed by atoms with van der Waals surface area (Å²) in [6.45, 7) is 5.94. The van der Waals surface area contributed by atoms with E-state index in [0.29, 0.717) is 5.56 Å². The van der Waals surface area contributed by atoms with Crippen LogP contribution in [0.1, 0.15) is 26.3 Å². The highest BCUT2D eigenvalue weighted by molar-refractivity contribution is 6.02. The second-order valence-corrected chi connectivity index (χ2v) is 6.29. The van der Waals surface area contributed by atoms with Crippen molar-refractivity contribution < 1.29 is 10.2 Å². The highest BCUT2D eigenvalue weighted by Gasteiger charge is 2.24. The Hall–Kier alpha value is -2.22. The number of phenols is 2. The second-order valence-electron chi connectivity index (χ2n) is 6.29. The molecule has 0 aliphatic rings. The number of benzene rings is 3. The summed E-state index contributed by atoms with van der Waals surface area (Å²) in [6, 6.07) is 13.7. The summed E-state index contributed by atoms with van der Waals surface area (Å²) in [4.78, 5) is 0. The zero-order valence-corrected chi connectivity index (χ0v) is 11.9. The average Bonchev–Trinajstić information content (AvgIpc) is 2.35. The van der Waals surface area contributed by atoms with Gasteiger partial charge in [0.1, 0.15) is 11.5 Å². The summed E-state index contributed by atoms with van der Waals surface area (Å²) in [5.41, 5.74) is 0.286. The summed E-state index contributed by atoms with van der Waals surface area (Å²) in [7, 11) is 0. The molecule has 0 atom stereocenters. The van der Waals surface area contributed by atoms with E-state index in [1.54, 1.807) is 6.07 Å². The van der Waals surface area contributed by atoms with Crippen molar-refractivity contribution in [1.29, 1.82) is 0 Å². The Morgan fingerprint density at radius 3 is 2.00 bits per heavy atom. The molecule has 0 unspecified atom stereocenters. The fourth-order valence-corrected chi connectivity index (χ4v) is 2.80. The monoisotopic (exact) mass is 266 g/mol. The van der Waals surface area contributed by atoms with Crippen LogP contribution in [0.2, 0.25) is 0 Å². The number of fused-ring (bicyclic) bond motifs is 2. The molecule has 0 aromatic heterocycles. The van der Waals surface area contributed by atoms with Gasteiger partial charge in [-0.3, -0.25) is 0 Å². The predicted molar refractivity (Wildman–Crippen MR) is 83.5 cm³/mol. The molecule has 0 radical (unpaired) electrons. The van der Waals surface area contributed by atoms with Gasteiger partial charge in [-0.2, -0.15) is 0 Å². The van der Waals surface area contributed by atoms with Crippen LogP contribution in [0.3, 0.4) is 0 Å². The molecule has 2 heteroatoms. The van der Waals surface area contributed by atoms with Crippen LogP contribution in [-0.2, 0) is 5.41 Å². The van der Waals surface area contributed by atoms with Crippen LogP contribution in [0.4, 0.5) is 0 Å². The van der Waals surface area contributed by atoms with E-state index in [2.05, 4.69) is 0 Å². The summed E-state index contributed by atoms with van der Waals surface area (Å²) in [6.07, 6.45) is 0. The number of hydrogen-bond donors (Lipinski definition) is 2. The van der Waals surface area contributed by atoms with Gasteiger partial charge in [0, 0.05) is 10.9 Å². The first-order valence-electron chi connectivity index (χ1n) is 6.76. The van der Waals surface area contributed by atoms with Gasteiger partial charge in [-0.05, 0) is 39.8 Å². The Morgan fingerprint density at radius 2 is 1.40 bits per heavy atom. The molecular formula is C18H18O2. The van der Waals surface area contributed by atoms with E-state index in [9.17, 15) is 10.2 Å². The van der Waals surface area contributed by atoms with Crippen molar-refractivity contribution in [3.05, 3.63) is 48.0 Å². The molecular weight excluding hydrogens is 248 g/mol. The lowest BCUT2D eigenvalue weighted by Crippen LogP contribution is -2.11. The minimum Gasteiger partial charge on any atom is -0.507 e. The van der Waals surface area contributed by atoms with Crippen LogP contribution < -0.4 is 0 Å². The van der Waals surface area contributed by atoms with E-state index in [0.717, 1.165) is 21.5 Å². The quantitative estimate of drug-likeness (QED) is 0.579. The molecule has 0 fully saturated rings. The molecule has 0 amide bonds. The highest BCUT2D eigenvalue weighted by Crippen LogP contribution is 2.43. The van der Waals surface area contributed by atoms with Crippen molar-refractivity contribution in [2.24, 2.45) is 0 Å². The smallest absolute Gasteiger partial charge is 0.130 e. The fourth-order valence-electron chi connectivity index (χ4n) is 2.80. The SMILES string of the molecule is CC(C)(C)c1c(O)cc2cc3ccccc3cc2c1O. The fraction of sp³-hybridized carbons (Fsp3) is 0.222. The molecule has 0 saturated heterocycles. The van der Waals surface area contributed by atoms with E-state index in [-0.39, 0.29) is 16.9 Å². The van der Waals surface area contributed by atoms with E-state index >= 15 is 0 Å². The first-order chi connectivity index (χ1) is 9.38. The maximum absolute atomic E-state index is 10.6. The minimum atomic E-state index is -0.312. The summed E-state index contributed by atoms with van der Waals surface area (Å²) in [5, 5.41) is 24.6. The zero-order chi connectivity index (χ0) is 14.5. The lowest BCUT2D eigenvalue weighted by molar-refractivity contribution is 0.415. The second kappa shape index (κ2) is 4.14. The molecule has 0 aliphatic carbocycles. The van der Waals surface area contributed by atoms with Gasteiger partial charge < -0.3 is 10.2 Å². The number of rotatable bonds is 0. The van der Waals surface area contributed by atoms with Crippen LogP contribution >= 0.6 is 0 Å². The Labute approximate surface area is 118 Å². The maximum atomic E-state index is 10.6. The molecule has 0 bridgehead atoms. The molecule has 0 saturated carbocycles. The molecule has 3 aromatic carbocycles. The largest absolute Gasteiger partial charge is 0.507 e. The number of phenolic OH excluding ortho intramolecular Hbond substituents is 2. The van der Waals surface area contributed by atoms with E-state index in [1.807, 2.05) is 57.2 Å². The molecule has 3 aromatic rings. The standard InChI is InChI=1S/C18H18O2/c1-18(2,3)16-15(19)10-13-8-11-6-4-5-7-12(11)9-14(13)17(16)20/h4-10,19-20H,1-3H3. The lowest BCUT2D eigenvalue weighted by atomic mass is 9.83. The van der Waals surface area contributed by atoms with Crippen LogP contribution in [0.15, 0.2) is 42.5 Å². The lowest BCUT2D eigenvalue weighted by Gasteiger charge is -2.23. The van der Waals surface area contributed by atoms with Crippen molar-refractivity contribution in [2.75, 3.05) is 0 Å². The molecule has 2 nitrogen and oxygen atoms in total. The zero-order valence-electron chi connectivity index (χ0n) is 11.9. The van der Waals surface area contributed by atoms with Gasteiger partial charge in [0.05, 0.1) is 0 Å². The molecule has 2 N–H and O–H groups in total. The molecule has 3 rings (SSSR count). The topological polar surface area (TPSA) is 40.5 Å². The molecule has 102 valence electrons. The molecule has 20 heavy (non-hydrogen) atoms. The van der Waals surface area contributed by atoms with E-state index < -0.39 is 0 Å². The van der Waals surface area contributed by atoms with Gasteiger partial charge in [-0.15, -0.1) is 0 Å². The highest BCUT2D eigenvalue weighted by atomic mass is 16.3. The Balaban J connectivity index is 2.45. The van der Waals surface area contributed by atoms with Crippen molar-refractivity contribution >= 4 is 21.5 Å². The molecule has 0 heterocycles. The molecule has 0 spiro atoms. The van der Waals surface area contributed by atoms with Gasteiger partial charge in [0.2, 0.25) is 0 Å². The van der Waals surface area contributed by atoms with Crippen LogP contribution in [0.25, 0.3) is 21.5 Å². The Kier molecular flexibility index (Phi) is 2.65. The Morgan fingerprint density at radius 1 is 0.800 bits per heavy atom. The minimum absolute atomic E-state index is 0.151. The van der Waals surface area contributed by atoms with Crippen molar-refractivity contribution in [2.45, 2.75) is 26.2 Å². The van der Waals surface area contributed by atoms with Gasteiger partial charge in [0.15, 0.2) is 0 Å². The van der Waals surface area contributed by atoms with Crippen LogP contribution in [0, 0.1) is 0 Å².